The van der Waals surface area contributed by atoms with Gasteiger partial charge in [-0.05, 0) is 24.6 Å². The molecule has 0 aliphatic carbocycles. The van der Waals surface area contributed by atoms with Crippen molar-refractivity contribution in [1.29, 1.82) is 0 Å². The molecule has 0 radical (unpaired) electrons. The molecule has 2 aromatic rings. The Bertz CT molecular complexity index is 656. The Balaban J connectivity index is 2.71. The summed E-state index contributed by atoms with van der Waals surface area (Å²) in [5.41, 5.74) is 1.53. The molecule has 0 fully saturated rings. The first kappa shape index (κ1) is 13.8. The Hall–Kier alpha value is -2.63. The predicted molar refractivity (Wildman–Crippen MR) is 72.3 cm³/mol. The molecule has 20 heavy (non-hydrogen) atoms. The van der Waals surface area contributed by atoms with Crippen LogP contribution in [-0.4, -0.2) is 35.3 Å². The molecule has 104 valence electrons. The first-order valence-electron chi connectivity index (χ1n) is 5.85. The maximum atomic E-state index is 11.2. The molecular formula is C14H14N2O4. The van der Waals surface area contributed by atoms with E-state index in [0.29, 0.717) is 17.1 Å². The van der Waals surface area contributed by atoms with E-state index in [1.54, 1.807) is 19.2 Å². The Morgan fingerprint density at radius 1 is 1.10 bits per heavy atom. The topological polar surface area (TPSA) is 81.5 Å². The van der Waals surface area contributed by atoms with E-state index in [2.05, 4.69) is 9.97 Å². The lowest BCUT2D eigenvalue weighted by Gasteiger charge is -2.13. The van der Waals surface area contributed by atoms with Gasteiger partial charge in [-0.1, -0.05) is 0 Å². The van der Waals surface area contributed by atoms with Crippen molar-refractivity contribution in [3.8, 4) is 22.8 Å². The van der Waals surface area contributed by atoms with Crippen molar-refractivity contribution in [2.24, 2.45) is 0 Å². The van der Waals surface area contributed by atoms with Crippen molar-refractivity contribution in [2.75, 3.05) is 14.2 Å². The van der Waals surface area contributed by atoms with Crippen LogP contribution in [0.3, 0.4) is 0 Å². The number of nitrogens with zero attached hydrogens (tertiary/aromatic N) is 2. The van der Waals surface area contributed by atoms with Gasteiger partial charge >= 0.3 is 5.97 Å². The number of benzene rings is 1. The molecule has 6 nitrogen and oxygen atoms in total. The zero-order chi connectivity index (χ0) is 14.7. The van der Waals surface area contributed by atoms with E-state index in [4.69, 9.17) is 9.47 Å². The first-order valence-corrected chi connectivity index (χ1v) is 5.85. The van der Waals surface area contributed by atoms with Crippen LogP contribution in [0.25, 0.3) is 11.3 Å². The second-order valence-corrected chi connectivity index (χ2v) is 4.08. The number of aromatic nitrogens is 2. The Morgan fingerprint density at radius 2 is 1.75 bits per heavy atom. The summed E-state index contributed by atoms with van der Waals surface area (Å²) in [5, 5.41) is 9.20. The van der Waals surface area contributed by atoms with Crippen LogP contribution < -0.4 is 9.47 Å². The SMILES string of the molecule is COc1cc(-c2nccnc2C(=O)O)c(OC)cc1C. The molecule has 0 aliphatic rings. The van der Waals surface area contributed by atoms with Gasteiger partial charge in [0.25, 0.3) is 0 Å². The Labute approximate surface area is 116 Å². The van der Waals surface area contributed by atoms with E-state index >= 15 is 0 Å². The zero-order valence-electron chi connectivity index (χ0n) is 11.4. The third-order valence-electron chi connectivity index (χ3n) is 2.87. The van der Waals surface area contributed by atoms with Crippen LogP contribution in [0, 0.1) is 6.92 Å². The monoisotopic (exact) mass is 274 g/mol. The minimum atomic E-state index is -1.14. The standard InChI is InChI=1S/C14H14N2O4/c1-8-6-11(20-3)9(7-10(8)19-2)12-13(14(17)18)16-5-4-15-12/h4-7H,1-3H3,(H,17,18). The van der Waals surface area contributed by atoms with Crippen molar-refractivity contribution >= 4 is 5.97 Å². The second-order valence-electron chi connectivity index (χ2n) is 4.08. The summed E-state index contributed by atoms with van der Waals surface area (Å²) < 4.78 is 10.6. The van der Waals surface area contributed by atoms with Gasteiger partial charge in [-0.25, -0.2) is 9.78 Å². The fraction of sp³-hybridized carbons (Fsp3) is 0.214. The molecule has 2 rings (SSSR count). The van der Waals surface area contributed by atoms with E-state index in [9.17, 15) is 9.90 Å². The molecule has 6 heteroatoms. The summed E-state index contributed by atoms with van der Waals surface area (Å²) in [7, 11) is 3.06. The molecule has 0 bridgehead atoms. The van der Waals surface area contributed by atoms with Crippen molar-refractivity contribution in [1.82, 2.24) is 9.97 Å². The number of hydrogen-bond donors (Lipinski definition) is 1. The van der Waals surface area contributed by atoms with E-state index in [0.717, 1.165) is 5.56 Å². The van der Waals surface area contributed by atoms with Crippen molar-refractivity contribution < 1.29 is 19.4 Å². The second kappa shape index (κ2) is 5.56. The smallest absolute Gasteiger partial charge is 0.356 e. The third kappa shape index (κ3) is 2.40. The number of carbonyl (C=O) groups is 1. The molecule has 0 saturated carbocycles. The summed E-state index contributed by atoms with van der Waals surface area (Å²) in [5.74, 6) is 0.00351. The highest BCUT2D eigenvalue weighted by Gasteiger charge is 2.19. The number of ether oxygens (including phenoxy) is 2. The summed E-state index contributed by atoms with van der Waals surface area (Å²) in [4.78, 5) is 19.2. The number of carboxylic acid groups (broad SMARTS) is 1. The number of hydrogen-bond acceptors (Lipinski definition) is 5. The van der Waals surface area contributed by atoms with E-state index in [1.807, 2.05) is 6.92 Å². The quantitative estimate of drug-likeness (QED) is 0.920. The molecule has 0 saturated heterocycles. The van der Waals surface area contributed by atoms with Gasteiger partial charge in [0.15, 0.2) is 5.69 Å². The molecule has 1 heterocycles. The largest absolute Gasteiger partial charge is 0.496 e. The molecule has 1 aromatic heterocycles. The van der Waals surface area contributed by atoms with Crippen LogP contribution in [0.5, 0.6) is 11.5 Å². The molecule has 0 amide bonds. The van der Waals surface area contributed by atoms with Crippen LogP contribution in [0.1, 0.15) is 16.1 Å². The molecule has 0 spiro atoms. The van der Waals surface area contributed by atoms with Crippen LogP contribution >= 0.6 is 0 Å². The number of carboxylic acids is 1. The van der Waals surface area contributed by atoms with Crippen molar-refractivity contribution in [2.45, 2.75) is 6.92 Å². The van der Waals surface area contributed by atoms with Gasteiger partial charge in [0.2, 0.25) is 0 Å². The summed E-state index contributed by atoms with van der Waals surface area (Å²) in [6, 6.07) is 3.47. The van der Waals surface area contributed by atoms with Gasteiger partial charge < -0.3 is 14.6 Å². The van der Waals surface area contributed by atoms with Crippen LogP contribution in [0.4, 0.5) is 0 Å². The maximum absolute atomic E-state index is 11.2. The van der Waals surface area contributed by atoms with Crippen LogP contribution in [0.15, 0.2) is 24.5 Å². The van der Waals surface area contributed by atoms with Gasteiger partial charge in [0.05, 0.1) is 14.2 Å². The van der Waals surface area contributed by atoms with E-state index in [1.165, 1.54) is 19.5 Å². The number of methoxy groups -OCH3 is 2. The van der Waals surface area contributed by atoms with Gasteiger partial charge in [0, 0.05) is 18.0 Å². The minimum absolute atomic E-state index is 0.128. The van der Waals surface area contributed by atoms with Gasteiger partial charge in [0.1, 0.15) is 17.2 Å². The highest BCUT2D eigenvalue weighted by molar-refractivity contribution is 5.93. The lowest BCUT2D eigenvalue weighted by atomic mass is 10.0. The van der Waals surface area contributed by atoms with Crippen molar-refractivity contribution in [3.63, 3.8) is 0 Å². The number of aromatic carboxylic acids is 1. The highest BCUT2D eigenvalue weighted by atomic mass is 16.5. The lowest BCUT2D eigenvalue weighted by molar-refractivity contribution is 0.0691. The molecule has 0 unspecified atom stereocenters. The minimum Gasteiger partial charge on any atom is -0.496 e. The van der Waals surface area contributed by atoms with Crippen LogP contribution in [-0.2, 0) is 0 Å². The lowest BCUT2D eigenvalue weighted by Crippen LogP contribution is -2.05. The van der Waals surface area contributed by atoms with Gasteiger partial charge in [-0.15, -0.1) is 0 Å². The fourth-order valence-corrected chi connectivity index (χ4v) is 1.93. The average molecular weight is 274 g/mol. The predicted octanol–water partition coefficient (Wildman–Crippen LogP) is 2.17. The summed E-state index contributed by atoms with van der Waals surface area (Å²) >= 11 is 0. The fourth-order valence-electron chi connectivity index (χ4n) is 1.93. The zero-order valence-corrected chi connectivity index (χ0v) is 11.4. The van der Waals surface area contributed by atoms with Crippen molar-refractivity contribution in [3.05, 3.63) is 35.8 Å². The van der Waals surface area contributed by atoms with E-state index < -0.39 is 5.97 Å². The molecule has 0 aliphatic heterocycles. The van der Waals surface area contributed by atoms with Gasteiger partial charge in [-0.3, -0.25) is 4.98 Å². The number of aryl methyl sites for hydroxylation is 1. The maximum Gasteiger partial charge on any atom is 0.356 e. The molecule has 0 atom stereocenters. The normalized spacial score (nSPS) is 10.2. The Morgan fingerprint density at radius 3 is 2.35 bits per heavy atom. The molecular weight excluding hydrogens is 260 g/mol. The third-order valence-corrected chi connectivity index (χ3v) is 2.87. The molecule has 1 N–H and O–H groups in total. The Kier molecular flexibility index (Phi) is 3.84. The van der Waals surface area contributed by atoms with Crippen LogP contribution in [0.2, 0.25) is 0 Å². The summed E-state index contributed by atoms with van der Waals surface area (Å²) in [6.07, 6.45) is 2.78. The summed E-state index contributed by atoms with van der Waals surface area (Å²) in [6.45, 7) is 1.87. The number of rotatable bonds is 4. The van der Waals surface area contributed by atoms with Gasteiger partial charge in [-0.2, -0.15) is 0 Å². The average Bonchev–Trinajstić information content (AvgIpc) is 2.46. The highest BCUT2D eigenvalue weighted by Crippen LogP contribution is 2.35. The first-order chi connectivity index (χ1) is 9.58. The molecule has 1 aromatic carbocycles. The van der Waals surface area contributed by atoms with E-state index in [-0.39, 0.29) is 11.4 Å².